The largest absolute Gasteiger partial charge is 0.477 e. The molecule has 3 rings (SSSR count). The van der Waals surface area contributed by atoms with Crippen LogP contribution in [0.5, 0.6) is 0 Å². The zero-order chi connectivity index (χ0) is 23.4. The Labute approximate surface area is 191 Å². The molecule has 1 aliphatic heterocycles. The third-order valence-corrected chi connectivity index (χ3v) is 6.16. The smallest absolute Gasteiger partial charge is 0.345 e. The first kappa shape index (κ1) is 23.4. The van der Waals surface area contributed by atoms with Crippen LogP contribution in [-0.2, 0) is 20.8 Å². The maximum atomic E-state index is 13.0. The summed E-state index contributed by atoms with van der Waals surface area (Å²) in [5.41, 5.74) is 0.773. The Balaban J connectivity index is 1.74. The minimum absolute atomic E-state index is 0.0646. The summed E-state index contributed by atoms with van der Waals surface area (Å²) in [6, 6.07) is 6.05. The van der Waals surface area contributed by atoms with Crippen LogP contribution in [0.2, 0.25) is 0 Å². The summed E-state index contributed by atoms with van der Waals surface area (Å²) in [7, 11) is 0. The summed E-state index contributed by atoms with van der Waals surface area (Å²) in [6.45, 7) is 0.195. The van der Waals surface area contributed by atoms with Gasteiger partial charge in [-0.05, 0) is 24.0 Å². The van der Waals surface area contributed by atoms with Gasteiger partial charge < -0.3 is 15.3 Å². The molecule has 1 fully saturated rings. The molecule has 1 aliphatic rings. The number of nitro groups is 1. The van der Waals surface area contributed by atoms with Crippen molar-refractivity contribution in [3.05, 3.63) is 56.3 Å². The topological polar surface area (TPSA) is 147 Å². The highest BCUT2D eigenvalue weighted by Gasteiger charge is 2.40. The van der Waals surface area contributed by atoms with Crippen LogP contribution >= 0.6 is 24.0 Å². The van der Waals surface area contributed by atoms with Gasteiger partial charge in [0.1, 0.15) is 10.9 Å². The number of thiol groups is 1. The number of nitro benzene ring substituents is 1. The lowest BCUT2D eigenvalue weighted by atomic mass is 10.0. The number of anilines is 1. The number of hydrogen-bond acceptors (Lipinski definition) is 7. The molecular formula is C20H19N3O7S2. The van der Waals surface area contributed by atoms with Crippen molar-refractivity contribution in [1.29, 1.82) is 0 Å². The minimum atomic E-state index is -1.11. The molecule has 0 spiro atoms. The van der Waals surface area contributed by atoms with Gasteiger partial charge in [-0.2, -0.15) is 0 Å². The van der Waals surface area contributed by atoms with Gasteiger partial charge in [-0.3, -0.25) is 24.5 Å². The quantitative estimate of drug-likeness (QED) is 0.301. The van der Waals surface area contributed by atoms with E-state index < -0.39 is 22.8 Å². The summed E-state index contributed by atoms with van der Waals surface area (Å²) in [6.07, 6.45) is 0.306. The van der Waals surface area contributed by atoms with Crippen molar-refractivity contribution < 1.29 is 29.2 Å². The first-order valence-corrected chi connectivity index (χ1v) is 10.8. The molecule has 1 aromatic carbocycles. The molecular weight excluding hydrogens is 458 g/mol. The van der Waals surface area contributed by atoms with E-state index in [0.717, 1.165) is 11.3 Å². The van der Waals surface area contributed by atoms with Crippen LogP contribution in [0.25, 0.3) is 0 Å². The lowest BCUT2D eigenvalue weighted by molar-refractivity contribution is -0.384. The molecule has 0 saturated carbocycles. The van der Waals surface area contributed by atoms with E-state index in [-0.39, 0.29) is 53.3 Å². The summed E-state index contributed by atoms with van der Waals surface area (Å²) in [4.78, 5) is 60.0. The van der Waals surface area contributed by atoms with Crippen molar-refractivity contribution in [1.82, 2.24) is 4.90 Å². The summed E-state index contributed by atoms with van der Waals surface area (Å²) in [5.74, 6) is -2.19. The number of carbonyl (C=O) groups is 4. The van der Waals surface area contributed by atoms with Crippen LogP contribution in [0, 0.1) is 16.0 Å². The van der Waals surface area contributed by atoms with Crippen molar-refractivity contribution in [3.8, 4) is 0 Å². The fourth-order valence-electron chi connectivity index (χ4n) is 3.59. The highest BCUT2D eigenvalue weighted by molar-refractivity contribution is 7.96. The molecule has 2 amide bonds. The Morgan fingerprint density at radius 1 is 1.25 bits per heavy atom. The van der Waals surface area contributed by atoms with Gasteiger partial charge >= 0.3 is 5.97 Å². The number of carboxylic acid groups (broad SMARTS) is 1. The van der Waals surface area contributed by atoms with E-state index in [2.05, 4.69) is 17.9 Å². The number of likely N-dealkylation sites (tertiary alicyclic amines) is 1. The Morgan fingerprint density at radius 3 is 2.50 bits per heavy atom. The van der Waals surface area contributed by atoms with Crippen molar-refractivity contribution in [2.24, 2.45) is 5.92 Å². The van der Waals surface area contributed by atoms with E-state index in [4.69, 9.17) is 5.11 Å². The molecule has 0 radical (unpaired) electrons. The highest BCUT2D eigenvalue weighted by Crippen LogP contribution is 2.29. The molecule has 2 heterocycles. The van der Waals surface area contributed by atoms with Gasteiger partial charge in [-0.15, -0.1) is 24.0 Å². The molecule has 168 valence electrons. The predicted molar refractivity (Wildman–Crippen MR) is 119 cm³/mol. The van der Waals surface area contributed by atoms with Crippen LogP contribution in [0.4, 0.5) is 11.4 Å². The number of non-ortho nitro benzene ring substituents is 1. The van der Waals surface area contributed by atoms with Crippen LogP contribution in [0.15, 0.2) is 35.7 Å². The average Bonchev–Trinajstić information content (AvgIpc) is 3.35. The number of carboxylic acids is 1. The summed E-state index contributed by atoms with van der Waals surface area (Å²) >= 11 is 4.76. The average molecular weight is 478 g/mol. The van der Waals surface area contributed by atoms with E-state index in [1.807, 2.05) is 0 Å². The molecule has 0 bridgehead atoms. The SMILES string of the molecule is O=C(S)C[C@@H]1C[C@@H](C(=O)Nc2csc(C(=O)O)c2)N(C(=O)Cc2ccc([N+](=O)[O-])cc2)C1. The van der Waals surface area contributed by atoms with E-state index in [1.165, 1.54) is 40.6 Å². The van der Waals surface area contributed by atoms with E-state index in [1.54, 1.807) is 0 Å². The van der Waals surface area contributed by atoms with Crippen molar-refractivity contribution in [3.63, 3.8) is 0 Å². The number of hydrogen-bond donors (Lipinski definition) is 3. The van der Waals surface area contributed by atoms with E-state index in [9.17, 15) is 29.3 Å². The number of nitrogens with zero attached hydrogens (tertiary/aromatic N) is 2. The molecule has 0 aliphatic carbocycles. The van der Waals surface area contributed by atoms with Gasteiger partial charge in [-0.25, -0.2) is 4.79 Å². The molecule has 32 heavy (non-hydrogen) atoms. The van der Waals surface area contributed by atoms with Gasteiger partial charge in [0.05, 0.1) is 17.0 Å². The van der Waals surface area contributed by atoms with Gasteiger partial charge in [-0.1, -0.05) is 12.1 Å². The summed E-state index contributed by atoms with van der Waals surface area (Å²) in [5, 5.41) is 23.6. The minimum Gasteiger partial charge on any atom is -0.477 e. The zero-order valence-corrected chi connectivity index (χ0v) is 18.3. The first-order valence-electron chi connectivity index (χ1n) is 9.51. The van der Waals surface area contributed by atoms with Crippen molar-refractivity contribution >= 4 is 58.2 Å². The van der Waals surface area contributed by atoms with Gasteiger partial charge in [0.15, 0.2) is 5.12 Å². The Bertz CT molecular complexity index is 1070. The predicted octanol–water partition coefficient (Wildman–Crippen LogP) is 2.60. The maximum absolute atomic E-state index is 13.0. The number of rotatable bonds is 8. The fourth-order valence-corrected chi connectivity index (χ4v) is 4.53. The van der Waals surface area contributed by atoms with Gasteiger partial charge in [0.2, 0.25) is 11.8 Å². The van der Waals surface area contributed by atoms with Crippen LogP contribution < -0.4 is 5.32 Å². The molecule has 2 atom stereocenters. The number of aromatic carboxylic acids is 1. The van der Waals surface area contributed by atoms with Crippen molar-refractivity contribution in [2.75, 3.05) is 11.9 Å². The van der Waals surface area contributed by atoms with Crippen LogP contribution in [0.3, 0.4) is 0 Å². The van der Waals surface area contributed by atoms with Crippen LogP contribution in [0.1, 0.15) is 28.1 Å². The lowest BCUT2D eigenvalue weighted by Gasteiger charge is -2.24. The zero-order valence-electron chi connectivity index (χ0n) is 16.6. The van der Waals surface area contributed by atoms with Gasteiger partial charge in [0, 0.05) is 30.5 Å². The number of nitrogens with one attached hydrogen (secondary N) is 1. The Morgan fingerprint density at radius 2 is 1.94 bits per heavy atom. The fraction of sp³-hybridized carbons (Fsp3) is 0.300. The lowest BCUT2D eigenvalue weighted by Crippen LogP contribution is -2.43. The summed E-state index contributed by atoms with van der Waals surface area (Å²) < 4.78 is 0. The Kier molecular flexibility index (Phi) is 7.26. The third-order valence-electron chi connectivity index (χ3n) is 5.05. The van der Waals surface area contributed by atoms with E-state index >= 15 is 0 Å². The number of benzene rings is 1. The monoisotopic (exact) mass is 477 g/mol. The number of thiophene rings is 1. The second-order valence-corrected chi connectivity index (χ2v) is 8.77. The standard InChI is InChI=1S/C20H19N3O7S2/c24-17(6-11-1-3-14(4-2-11)23(29)30)22-9-12(7-18(25)31)5-15(22)19(26)21-13-8-16(20(27)28)32-10-13/h1-4,8,10,12,15H,5-7,9H2,(H,21,26)(H,25,31)(H,27,28)/t12-,15-/m0/s1. The molecule has 10 nitrogen and oxygen atoms in total. The number of carbonyl (C=O) groups excluding carboxylic acids is 3. The second-order valence-electron chi connectivity index (χ2n) is 7.36. The molecule has 2 aromatic rings. The molecule has 1 aromatic heterocycles. The molecule has 0 unspecified atom stereocenters. The van der Waals surface area contributed by atoms with Crippen molar-refractivity contribution in [2.45, 2.75) is 25.3 Å². The first-order chi connectivity index (χ1) is 15.1. The molecule has 2 N–H and O–H groups in total. The van der Waals surface area contributed by atoms with Crippen LogP contribution in [-0.4, -0.2) is 50.4 Å². The van der Waals surface area contributed by atoms with Gasteiger partial charge in [0.25, 0.3) is 5.69 Å². The normalized spacial score (nSPS) is 17.7. The number of amides is 2. The third kappa shape index (κ3) is 5.71. The second kappa shape index (κ2) is 9.92. The van der Waals surface area contributed by atoms with E-state index in [0.29, 0.717) is 11.3 Å². The molecule has 12 heteroatoms. The Hall–Kier alpha value is -3.25. The maximum Gasteiger partial charge on any atom is 0.345 e. The molecule has 1 saturated heterocycles. The highest BCUT2D eigenvalue weighted by atomic mass is 32.1.